The number of carbonyl (C=O) groups excluding carboxylic acids is 4. The summed E-state index contributed by atoms with van der Waals surface area (Å²) in [5.74, 6) is 0.139. The fraction of sp³-hybridized carbons (Fsp3) is 0.245. The molecule has 3 aliphatic rings. The Balaban J connectivity index is 0.000000199. The van der Waals surface area contributed by atoms with Gasteiger partial charge >= 0.3 is 0 Å². The number of benzene rings is 4. The first kappa shape index (κ1) is 54.0. The van der Waals surface area contributed by atoms with Gasteiger partial charge in [-0.1, -0.05) is 70.7 Å². The predicted octanol–water partition coefficient (Wildman–Crippen LogP) is 9.04. The summed E-state index contributed by atoms with van der Waals surface area (Å²) in [6, 6.07) is 26.9. The van der Waals surface area contributed by atoms with Crippen LogP contribution in [0.25, 0.3) is 0 Å². The molecule has 0 spiro atoms. The number of pyridine rings is 2. The van der Waals surface area contributed by atoms with Gasteiger partial charge in [0.1, 0.15) is 23.3 Å². The van der Waals surface area contributed by atoms with Crippen LogP contribution in [-0.2, 0) is 9.47 Å². The third-order valence-electron chi connectivity index (χ3n) is 12.1. The van der Waals surface area contributed by atoms with Crippen molar-refractivity contribution in [2.24, 2.45) is 4.99 Å². The van der Waals surface area contributed by atoms with Crippen LogP contribution in [0, 0.1) is 5.41 Å². The molecule has 9 rings (SSSR count). The van der Waals surface area contributed by atoms with Crippen LogP contribution in [0.4, 0.5) is 34.4 Å². The molecule has 0 saturated carbocycles. The Morgan fingerprint density at radius 1 is 0.547 bits per heavy atom. The molecule has 0 unspecified atom stereocenters. The average molecular weight is 1090 g/mol. The van der Waals surface area contributed by atoms with E-state index in [-0.39, 0.29) is 17.0 Å². The number of likely N-dealkylation sites (N-methyl/N-ethyl adjacent to an activating group) is 1. The Morgan fingerprint density at radius 2 is 0.973 bits per heavy atom. The van der Waals surface area contributed by atoms with Crippen molar-refractivity contribution in [2.45, 2.75) is 0 Å². The van der Waals surface area contributed by atoms with Gasteiger partial charge in [-0.3, -0.25) is 29.6 Å². The fourth-order valence-electron chi connectivity index (χ4n) is 8.20. The summed E-state index contributed by atoms with van der Waals surface area (Å²) in [5.41, 5.74) is 4.78. The van der Waals surface area contributed by atoms with Gasteiger partial charge in [0.15, 0.2) is 0 Å². The van der Waals surface area contributed by atoms with Crippen molar-refractivity contribution >= 4 is 116 Å². The fourth-order valence-corrected chi connectivity index (χ4v) is 8.85. The van der Waals surface area contributed by atoms with E-state index in [1.807, 2.05) is 29.0 Å². The van der Waals surface area contributed by atoms with Gasteiger partial charge in [-0.2, -0.15) is 0 Å². The number of amides is 4. The molecule has 0 atom stereocenters. The molecule has 4 amide bonds. The Hall–Kier alpha value is -7.32. The van der Waals surface area contributed by atoms with E-state index in [1.54, 1.807) is 91.8 Å². The number of anilines is 6. The molecular weight excluding hydrogens is 1040 g/mol. The highest BCUT2D eigenvalue weighted by atomic mass is 35.5. The first-order chi connectivity index (χ1) is 36.1. The molecule has 0 bridgehead atoms. The van der Waals surface area contributed by atoms with E-state index in [9.17, 15) is 19.2 Å². The summed E-state index contributed by atoms with van der Waals surface area (Å²) in [5, 5.41) is 21.1. The molecule has 5 N–H and O–H groups in total. The highest BCUT2D eigenvalue weighted by Gasteiger charge is 2.27. The van der Waals surface area contributed by atoms with E-state index in [0.717, 1.165) is 24.5 Å². The van der Waals surface area contributed by atoms with Gasteiger partial charge < -0.3 is 50.3 Å². The lowest BCUT2D eigenvalue weighted by atomic mass is 10.1. The number of rotatable bonds is 12. The number of aromatic nitrogens is 2. The van der Waals surface area contributed by atoms with Gasteiger partial charge in [-0.15, -0.1) is 0 Å². The van der Waals surface area contributed by atoms with E-state index in [4.69, 9.17) is 61.3 Å². The monoisotopic (exact) mass is 1090 g/mol. The van der Waals surface area contributed by atoms with Gasteiger partial charge in [0, 0.05) is 98.6 Å². The maximum absolute atomic E-state index is 13.4. The molecule has 0 radical (unpaired) electrons. The van der Waals surface area contributed by atoms with Crippen LogP contribution in [0.15, 0.2) is 114 Å². The van der Waals surface area contributed by atoms with Crippen molar-refractivity contribution in [2.75, 3.05) is 118 Å². The zero-order chi connectivity index (χ0) is 53.2. The van der Waals surface area contributed by atoms with Crippen LogP contribution in [0.2, 0.25) is 20.1 Å². The second-order valence-corrected chi connectivity index (χ2v) is 19.2. The first-order valence-electron chi connectivity index (χ1n) is 23.6. The molecular formula is C53H52Cl4N12O6. The third kappa shape index (κ3) is 13.7. The SMILES string of the molecule is CN(C)C(=N)c1ccc(C(=O)Nc2c(C(=O)Nc3ccc(Cl)cn3)cc(Cl)cc2N2CCOCC2)cc1.CN1CCN=C1c1ccc(C(=O)Nc2c(C(=O)Nc3ccc(Cl)cn3)cc(Cl)cc2N2CCOCC2)cc1. The molecule has 6 aromatic rings. The van der Waals surface area contributed by atoms with E-state index in [0.29, 0.717) is 130 Å². The number of hydrogen-bond acceptors (Lipinski definition) is 13. The van der Waals surface area contributed by atoms with Gasteiger partial charge in [-0.25, -0.2) is 9.97 Å². The highest BCUT2D eigenvalue weighted by Crippen LogP contribution is 2.37. The molecule has 22 heteroatoms. The average Bonchev–Trinajstić information content (AvgIpc) is 3.86. The lowest BCUT2D eigenvalue weighted by molar-refractivity contribution is 0.101. The molecule has 4 aromatic carbocycles. The lowest BCUT2D eigenvalue weighted by Crippen LogP contribution is -2.37. The van der Waals surface area contributed by atoms with E-state index >= 15 is 0 Å². The van der Waals surface area contributed by atoms with Crippen molar-refractivity contribution in [3.63, 3.8) is 0 Å². The minimum atomic E-state index is -0.489. The summed E-state index contributed by atoms with van der Waals surface area (Å²) >= 11 is 24.7. The quantitative estimate of drug-likeness (QED) is 0.0574. The van der Waals surface area contributed by atoms with Crippen LogP contribution in [-0.4, -0.2) is 142 Å². The van der Waals surface area contributed by atoms with Crippen LogP contribution >= 0.6 is 46.4 Å². The van der Waals surface area contributed by atoms with Crippen LogP contribution < -0.4 is 31.1 Å². The molecule has 0 aliphatic carbocycles. The van der Waals surface area contributed by atoms with Gasteiger partial charge in [0.05, 0.1) is 76.9 Å². The predicted molar refractivity (Wildman–Crippen MR) is 297 cm³/mol. The highest BCUT2D eigenvalue weighted by molar-refractivity contribution is 6.33. The Morgan fingerprint density at radius 3 is 1.36 bits per heavy atom. The Kier molecular flexibility index (Phi) is 17.8. The molecule has 3 aliphatic heterocycles. The van der Waals surface area contributed by atoms with Gasteiger partial charge in [0.25, 0.3) is 23.6 Å². The maximum atomic E-state index is 13.4. The molecule has 75 heavy (non-hydrogen) atoms. The Labute approximate surface area is 453 Å². The van der Waals surface area contributed by atoms with Crippen LogP contribution in [0.5, 0.6) is 0 Å². The van der Waals surface area contributed by atoms with Crippen LogP contribution in [0.1, 0.15) is 52.6 Å². The lowest BCUT2D eigenvalue weighted by Gasteiger charge is -2.31. The second-order valence-electron chi connectivity index (χ2n) is 17.5. The number of ether oxygens (including phenoxy) is 2. The summed E-state index contributed by atoms with van der Waals surface area (Å²) in [4.78, 5) is 74.1. The van der Waals surface area contributed by atoms with Crippen LogP contribution in [0.3, 0.4) is 0 Å². The normalized spacial score (nSPS) is 14.2. The smallest absolute Gasteiger partial charge is 0.259 e. The number of morpholine rings is 2. The van der Waals surface area contributed by atoms with Gasteiger partial charge in [-0.05, 0) is 72.8 Å². The van der Waals surface area contributed by atoms with Gasteiger partial charge in [0.2, 0.25) is 0 Å². The summed E-state index contributed by atoms with van der Waals surface area (Å²) in [7, 11) is 5.55. The van der Waals surface area contributed by atoms with Crippen molar-refractivity contribution < 1.29 is 28.7 Å². The van der Waals surface area contributed by atoms with Crippen molar-refractivity contribution in [1.82, 2.24) is 19.8 Å². The van der Waals surface area contributed by atoms with Crippen molar-refractivity contribution in [1.29, 1.82) is 5.41 Å². The van der Waals surface area contributed by atoms with Crippen molar-refractivity contribution in [3.8, 4) is 0 Å². The molecule has 2 fully saturated rings. The minimum absolute atomic E-state index is 0.185. The zero-order valence-electron chi connectivity index (χ0n) is 41.1. The summed E-state index contributed by atoms with van der Waals surface area (Å²) < 4.78 is 11.0. The van der Waals surface area contributed by atoms with E-state index in [1.165, 1.54) is 24.5 Å². The topological polar surface area (TPSA) is 210 Å². The second kappa shape index (κ2) is 24.8. The number of carbonyl (C=O) groups is 4. The molecule has 18 nitrogen and oxygen atoms in total. The zero-order valence-corrected chi connectivity index (χ0v) is 44.1. The maximum Gasteiger partial charge on any atom is 0.259 e. The number of amidine groups is 2. The molecule has 5 heterocycles. The van der Waals surface area contributed by atoms with Crippen molar-refractivity contribution in [3.05, 3.63) is 163 Å². The third-order valence-corrected chi connectivity index (χ3v) is 13.0. The van der Waals surface area contributed by atoms with E-state index < -0.39 is 17.7 Å². The van der Waals surface area contributed by atoms with E-state index in [2.05, 4.69) is 41.1 Å². The molecule has 2 saturated heterocycles. The first-order valence-corrected chi connectivity index (χ1v) is 25.2. The summed E-state index contributed by atoms with van der Waals surface area (Å²) in [6.07, 6.45) is 2.87. The number of hydrogen-bond donors (Lipinski definition) is 5. The number of aliphatic imine (C=N–C) groups is 1. The Bertz CT molecular complexity index is 3100. The number of halogens is 4. The largest absolute Gasteiger partial charge is 0.378 e. The molecule has 2 aromatic heterocycles. The summed E-state index contributed by atoms with van der Waals surface area (Å²) in [6.45, 7) is 6.02. The number of nitrogens with one attached hydrogen (secondary N) is 5. The minimum Gasteiger partial charge on any atom is -0.378 e. The molecule has 388 valence electrons. The standard InChI is InChI=1S/C27H26Cl2N6O3.C26H26Cl2N6O3/c1-34-9-8-30-25(34)17-2-4-18(5-3-17)26(36)33-24-21(27(37)32-23-7-6-19(28)16-31-23)14-20(29)15-22(24)35-10-12-38-13-11-35;1-33(2)24(29)16-3-5-17(6-4-16)25(35)32-23-20(26(36)31-22-8-7-18(27)15-30-22)13-19(28)14-21(23)34-9-11-37-12-10-34/h2-7,14-16H,8-13H2,1H3,(H,33,36)(H,31,32,37);3-8,13-15,29H,9-12H2,1-2H3,(H,32,35)(H,30,31,36). The number of nitrogens with zero attached hydrogens (tertiary/aromatic N) is 7.